The molecule has 0 saturated carbocycles. The van der Waals surface area contributed by atoms with Gasteiger partial charge in [-0.25, -0.2) is 4.39 Å². The Balaban J connectivity index is 2.69. The molecular weight excluding hydrogens is 197 g/mol. The number of benzene rings is 1. The second kappa shape index (κ2) is 3.46. The lowest BCUT2D eigenvalue weighted by Crippen LogP contribution is -2.18. The van der Waals surface area contributed by atoms with Crippen LogP contribution in [0.25, 0.3) is 0 Å². The Bertz CT molecular complexity index is 454. The highest BCUT2D eigenvalue weighted by atomic mass is 19.1. The number of fused-ring (bicyclic) bond motifs is 1. The summed E-state index contributed by atoms with van der Waals surface area (Å²) in [5.74, 6) is -0.752. The topological polar surface area (TPSA) is 38.7 Å². The van der Waals surface area contributed by atoms with E-state index in [2.05, 4.69) is 4.99 Å². The van der Waals surface area contributed by atoms with E-state index in [0.29, 0.717) is 11.4 Å². The van der Waals surface area contributed by atoms with E-state index in [1.807, 2.05) is 0 Å². The standard InChI is InChI=1S/C11H10FNO2/c1-6-5-13-10-8(15-2)4-3-7(12)9(10)11(6)14/h3-6H,1-2H3. The van der Waals surface area contributed by atoms with Gasteiger partial charge in [-0.05, 0) is 12.1 Å². The molecule has 2 rings (SSSR count). The summed E-state index contributed by atoms with van der Waals surface area (Å²) in [7, 11) is 1.46. The van der Waals surface area contributed by atoms with Crippen molar-refractivity contribution in [1.82, 2.24) is 0 Å². The first-order chi connectivity index (χ1) is 7.15. The van der Waals surface area contributed by atoms with E-state index in [-0.39, 0.29) is 17.3 Å². The van der Waals surface area contributed by atoms with E-state index in [0.717, 1.165) is 0 Å². The molecule has 0 spiro atoms. The Kier molecular flexibility index (Phi) is 2.26. The van der Waals surface area contributed by atoms with Crippen molar-refractivity contribution in [2.45, 2.75) is 6.92 Å². The van der Waals surface area contributed by atoms with Gasteiger partial charge < -0.3 is 4.74 Å². The van der Waals surface area contributed by atoms with Gasteiger partial charge in [0, 0.05) is 6.21 Å². The van der Waals surface area contributed by atoms with Crippen molar-refractivity contribution in [3.05, 3.63) is 23.5 Å². The van der Waals surface area contributed by atoms with Gasteiger partial charge in [-0.3, -0.25) is 9.79 Å². The molecule has 1 aliphatic rings. The van der Waals surface area contributed by atoms with Gasteiger partial charge in [-0.2, -0.15) is 0 Å². The Labute approximate surface area is 86.6 Å². The molecule has 0 fully saturated rings. The van der Waals surface area contributed by atoms with E-state index < -0.39 is 5.82 Å². The summed E-state index contributed by atoms with van der Waals surface area (Å²) in [6.45, 7) is 1.69. The third kappa shape index (κ3) is 1.42. The summed E-state index contributed by atoms with van der Waals surface area (Å²) in [6.07, 6.45) is 1.51. The van der Waals surface area contributed by atoms with Crippen LogP contribution in [0.2, 0.25) is 0 Å². The summed E-state index contributed by atoms with van der Waals surface area (Å²) in [6, 6.07) is 2.69. The largest absolute Gasteiger partial charge is 0.494 e. The fourth-order valence-corrected chi connectivity index (χ4v) is 1.56. The normalized spacial score (nSPS) is 18.9. The molecule has 3 nitrogen and oxygen atoms in total. The third-order valence-corrected chi connectivity index (χ3v) is 2.40. The molecule has 1 aromatic rings. The molecule has 0 aliphatic carbocycles. The van der Waals surface area contributed by atoms with Gasteiger partial charge in [-0.1, -0.05) is 6.92 Å². The minimum absolute atomic E-state index is 0.0318. The number of carbonyl (C=O) groups excluding carboxylic acids is 1. The van der Waals surface area contributed by atoms with Gasteiger partial charge >= 0.3 is 0 Å². The summed E-state index contributed by atoms with van der Waals surface area (Å²) in [5, 5.41) is 0. The van der Waals surface area contributed by atoms with Gasteiger partial charge in [-0.15, -0.1) is 0 Å². The number of halogens is 1. The summed E-state index contributed by atoms with van der Waals surface area (Å²) < 4.78 is 18.5. The van der Waals surface area contributed by atoms with Crippen LogP contribution in [0, 0.1) is 11.7 Å². The third-order valence-electron chi connectivity index (χ3n) is 2.40. The van der Waals surface area contributed by atoms with Gasteiger partial charge in [0.15, 0.2) is 5.78 Å². The van der Waals surface area contributed by atoms with Crippen LogP contribution in [-0.2, 0) is 0 Å². The lowest BCUT2D eigenvalue weighted by atomic mass is 9.95. The van der Waals surface area contributed by atoms with Gasteiger partial charge in [0.05, 0.1) is 18.6 Å². The van der Waals surface area contributed by atoms with Gasteiger partial charge in [0.2, 0.25) is 0 Å². The monoisotopic (exact) mass is 207 g/mol. The number of rotatable bonds is 1. The number of ketones is 1. The van der Waals surface area contributed by atoms with E-state index in [1.54, 1.807) is 6.92 Å². The maximum absolute atomic E-state index is 13.5. The van der Waals surface area contributed by atoms with Crippen molar-refractivity contribution in [3.8, 4) is 5.75 Å². The van der Waals surface area contributed by atoms with Crippen LogP contribution >= 0.6 is 0 Å². The first kappa shape index (κ1) is 9.83. The van der Waals surface area contributed by atoms with Crippen LogP contribution in [0.3, 0.4) is 0 Å². The van der Waals surface area contributed by atoms with Crippen LogP contribution in [0.5, 0.6) is 5.75 Å². The maximum atomic E-state index is 13.5. The summed E-state index contributed by atoms with van der Waals surface area (Å²) in [5.41, 5.74) is 0.324. The van der Waals surface area contributed by atoms with Crippen LogP contribution in [0.1, 0.15) is 17.3 Å². The molecule has 4 heteroatoms. The minimum Gasteiger partial charge on any atom is -0.494 e. The first-order valence-electron chi connectivity index (χ1n) is 4.60. The van der Waals surface area contributed by atoms with Crippen LogP contribution in [0.15, 0.2) is 17.1 Å². The van der Waals surface area contributed by atoms with Crippen LogP contribution in [-0.4, -0.2) is 19.1 Å². The van der Waals surface area contributed by atoms with Crippen LogP contribution < -0.4 is 4.74 Å². The number of hydrogen-bond donors (Lipinski definition) is 0. The number of carbonyl (C=O) groups is 1. The molecule has 1 aliphatic heterocycles. The Hall–Kier alpha value is -1.71. The molecule has 1 heterocycles. The predicted octanol–water partition coefficient (Wildman–Crippen LogP) is 2.37. The number of aliphatic imine (C=N–C) groups is 1. The molecule has 15 heavy (non-hydrogen) atoms. The molecule has 0 amide bonds. The maximum Gasteiger partial charge on any atom is 0.176 e. The fourth-order valence-electron chi connectivity index (χ4n) is 1.56. The lowest BCUT2D eigenvalue weighted by molar-refractivity contribution is 0.0958. The highest BCUT2D eigenvalue weighted by Crippen LogP contribution is 2.36. The van der Waals surface area contributed by atoms with E-state index in [4.69, 9.17) is 4.74 Å². The first-order valence-corrected chi connectivity index (χ1v) is 4.60. The van der Waals surface area contributed by atoms with E-state index in [1.165, 1.54) is 25.5 Å². The zero-order valence-electron chi connectivity index (χ0n) is 8.45. The summed E-state index contributed by atoms with van der Waals surface area (Å²) in [4.78, 5) is 15.8. The SMILES string of the molecule is COc1ccc(F)c2c1N=CC(C)C2=O. The molecule has 0 saturated heterocycles. The highest BCUT2D eigenvalue weighted by Gasteiger charge is 2.27. The number of nitrogens with zero attached hydrogens (tertiary/aromatic N) is 1. The quantitative estimate of drug-likeness (QED) is 0.709. The number of ether oxygens (including phenoxy) is 1. The van der Waals surface area contributed by atoms with E-state index >= 15 is 0 Å². The Morgan fingerprint density at radius 2 is 2.20 bits per heavy atom. The molecule has 78 valence electrons. The van der Waals surface area contributed by atoms with Gasteiger partial charge in [0.1, 0.15) is 17.3 Å². The Morgan fingerprint density at radius 1 is 1.47 bits per heavy atom. The average molecular weight is 207 g/mol. The van der Waals surface area contributed by atoms with Crippen molar-refractivity contribution in [1.29, 1.82) is 0 Å². The van der Waals surface area contributed by atoms with Crippen molar-refractivity contribution >= 4 is 17.7 Å². The molecule has 0 N–H and O–H groups in total. The van der Waals surface area contributed by atoms with Gasteiger partial charge in [0.25, 0.3) is 0 Å². The highest BCUT2D eigenvalue weighted by molar-refractivity contribution is 6.12. The molecule has 0 bridgehead atoms. The lowest BCUT2D eigenvalue weighted by Gasteiger charge is -2.16. The van der Waals surface area contributed by atoms with Crippen molar-refractivity contribution < 1.29 is 13.9 Å². The molecule has 1 aromatic carbocycles. The summed E-state index contributed by atoms with van der Waals surface area (Å²) >= 11 is 0. The second-order valence-electron chi connectivity index (χ2n) is 3.40. The fraction of sp³-hybridized carbons (Fsp3) is 0.273. The zero-order valence-corrected chi connectivity index (χ0v) is 8.45. The predicted molar refractivity (Wildman–Crippen MR) is 54.6 cm³/mol. The smallest absolute Gasteiger partial charge is 0.176 e. The molecule has 1 unspecified atom stereocenters. The van der Waals surface area contributed by atoms with Crippen molar-refractivity contribution in [3.63, 3.8) is 0 Å². The number of Topliss-reactive ketones (excluding diaryl/α,β-unsaturated/α-hetero) is 1. The number of methoxy groups -OCH3 is 1. The average Bonchev–Trinajstić information content (AvgIpc) is 2.24. The van der Waals surface area contributed by atoms with Crippen molar-refractivity contribution in [2.24, 2.45) is 10.9 Å². The minimum atomic E-state index is -0.542. The molecule has 0 radical (unpaired) electrons. The zero-order chi connectivity index (χ0) is 11.0. The number of hydrogen-bond acceptors (Lipinski definition) is 3. The van der Waals surface area contributed by atoms with E-state index in [9.17, 15) is 9.18 Å². The second-order valence-corrected chi connectivity index (χ2v) is 3.40. The molecular formula is C11H10FNO2. The van der Waals surface area contributed by atoms with Crippen molar-refractivity contribution in [2.75, 3.05) is 7.11 Å². The molecule has 0 aromatic heterocycles. The Morgan fingerprint density at radius 3 is 2.87 bits per heavy atom. The van der Waals surface area contributed by atoms with Crippen LogP contribution in [0.4, 0.5) is 10.1 Å². The molecule has 1 atom stereocenters.